The van der Waals surface area contributed by atoms with Crippen molar-refractivity contribution in [1.82, 2.24) is 9.55 Å². The minimum atomic E-state index is -0.720. The van der Waals surface area contributed by atoms with Crippen molar-refractivity contribution in [2.75, 3.05) is 18.1 Å². The second-order valence-electron chi connectivity index (χ2n) is 9.28. The molecule has 2 atom stereocenters. The number of aromatic nitrogens is 2. The van der Waals surface area contributed by atoms with E-state index >= 15 is 0 Å². The van der Waals surface area contributed by atoms with Crippen LogP contribution < -0.4 is 9.64 Å². The van der Waals surface area contributed by atoms with E-state index in [0.29, 0.717) is 19.5 Å². The predicted octanol–water partition coefficient (Wildman–Crippen LogP) is 4.87. The van der Waals surface area contributed by atoms with Crippen LogP contribution in [0.15, 0.2) is 72.8 Å². The van der Waals surface area contributed by atoms with Gasteiger partial charge in [0.25, 0.3) is 0 Å². The first-order valence-electron chi connectivity index (χ1n) is 12.2. The summed E-state index contributed by atoms with van der Waals surface area (Å²) >= 11 is 0. The zero-order chi connectivity index (χ0) is 24.4. The molecule has 0 radical (unpaired) electrons. The molecule has 0 spiro atoms. The highest BCUT2D eigenvalue weighted by Gasteiger charge is 2.35. The molecule has 0 unspecified atom stereocenters. The first kappa shape index (κ1) is 23.1. The normalized spacial score (nSPS) is 16.7. The van der Waals surface area contributed by atoms with E-state index in [-0.39, 0.29) is 18.4 Å². The average Bonchev–Trinajstić information content (AvgIpc) is 3.43. The van der Waals surface area contributed by atoms with Crippen molar-refractivity contribution in [1.29, 1.82) is 0 Å². The maximum Gasteiger partial charge on any atom is 0.227 e. The van der Waals surface area contributed by atoms with Crippen LogP contribution in [0.25, 0.3) is 11.0 Å². The highest BCUT2D eigenvalue weighted by atomic mass is 16.5. The Morgan fingerprint density at radius 1 is 1.09 bits per heavy atom. The molecule has 1 fully saturated rings. The number of hydrogen-bond donors (Lipinski definition) is 1. The standard InChI is InChI=1S/C29H31N3O3/c1-3-21-11-13-25(14-12-21)35-19-24(33)18-32-27-10-5-4-9-26(27)30-29(32)22-16-28(34)31(17-22)23-8-6-7-20(2)15-23/h4-15,22,24,33H,3,16-19H2,1-2H3/t22-,24+/m0/s1. The number of nitrogens with zero attached hydrogens (tertiary/aromatic N) is 3. The van der Waals surface area contributed by atoms with Crippen molar-refractivity contribution < 1.29 is 14.6 Å². The lowest BCUT2D eigenvalue weighted by Gasteiger charge is -2.19. The molecular weight excluding hydrogens is 438 g/mol. The molecule has 0 bridgehead atoms. The van der Waals surface area contributed by atoms with Crippen LogP contribution in [-0.4, -0.2) is 39.8 Å². The first-order chi connectivity index (χ1) is 17.0. The number of aliphatic hydroxyl groups excluding tert-OH is 1. The van der Waals surface area contributed by atoms with Crippen LogP contribution in [0.4, 0.5) is 5.69 Å². The smallest absolute Gasteiger partial charge is 0.227 e. The van der Waals surface area contributed by atoms with E-state index in [4.69, 9.17) is 9.72 Å². The Bertz CT molecular complexity index is 1330. The third-order valence-corrected chi connectivity index (χ3v) is 6.65. The Hall–Kier alpha value is -3.64. The summed E-state index contributed by atoms with van der Waals surface area (Å²) in [6.07, 6.45) is 0.653. The van der Waals surface area contributed by atoms with E-state index in [0.717, 1.165) is 40.3 Å². The number of amides is 1. The highest BCUT2D eigenvalue weighted by molar-refractivity contribution is 5.96. The van der Waals surface area contributed by atoms with Crippen LogP contribution in [0.3, 0.4) is 0 Å². The lowest BCUT2D eigenvalue weighted by atomic mass is 10.1. The van der Waals surface area contributed by atoms with Crippen LogP contribution in [-0.2, 0) is 17.8 Å². The van der Waals surface area contributed by atoms with Crippen LogP contribution in [0, 0.1) is 6.92 Å². The quantitative estimate of drug-likeness (QED) is 0.400. The summed E-state index contributed by atoms with van der Waals surface area (Å²) < 4.78 is 7.91. The first-order valence-corrected chi connectivity index (χ1v) is 12.2. The number of imidazole rings is 1. The number of para-hydroxylation sites is 2. The second-order valence-corrected chi connectivity index (χ2v) is 9.28. The van der Waals surface area contributed by atoms with Gasteiger partial charge in [0.15, 0.2) is 0 Å². The molecule has 2 heterocycles. The third-order valence-electron chi connectivity index (χ3n) is 6.65. The number of ether oxygens (including phenoxy) is 1. The van der Waals surface area contributed by atoms with Gasteiger partial charge in [0.05, 0.1) is 17.6 Å². The van der Waals surface area contributed by atoms with Gasteiger partial charge in [-0.15, -0.1) is 0 Å². The Labute approximate surface area is 205 Å². The molecule has 3 aromatic carbocycles. The SMILES string of the molecule is CCc1ccc(OC[C@H](O)Cn2c([C@H]3CC(=O)N(c4cccc(C)c4)C3)nc3ccccc32)cc1. The van der Waals surface area contributed by atoms with Gasteiger partial charge >= 0.3 is 0 Å². The van der Waals surface area contributed by atoms with Crippen LogP contribution in [0.5, 0.6) is 5.75 Å². The molecule has 5 rings (SSSR count). The largest absolute Gasteiger partial charge is 0.491 e. The van der Waals surface area contributed by atoms with Crippen LogP contribution in [0.1, 0.15) is 36.2 Å². The molecule has 1 aliphatic rings. The molecule has 1 amide bonds. The molecule has 0 aliphatic carbocycles. The van der Waals surface area contributed by atoms with E-state index in [1.165, 1.54) is 5.56 Å². The summed E-state index contributed by atoms with van der Waals surface area (Å²) in [6, 6.07) is 23.9. The van der Waals surface area contributed by atoms with Crippen molar-refractivity contribution in [2.45, 2.75) is 45.3 Å². The Morgan fingerprint density at radius 3 is 2.66 bits per heavy atom. The number of aryl methyl sites for hydroxylation is 2. The number of carbonyl (C=O) groups excluding carboxylic acids is 1. The number of aliphatic hydroxyl groups is 1. The Kier molecular flexibility index (Phi) is 6.55. The number of rotatable bonds is 8. The van der Waals surface area contributed by atoms with Gasteiger partial charge in [0, 0.05) is 24.6 Å². The molecule has 1 saturated heterocycles. The van der Waals surface area contributed by atoms with Gasteiger partial charge in [-0.05, 0) is 60.9 Å². The van der Waals surface area contributed by atoms with Crippen molar-refractivity contribution >= 4 is 22.6 Å². The van der Waals surface area contributed by atoms with E-state index in [9.17, 15) is 9.90 Å². The topological polar surface area (TPSA) is 67.6 Å². The van der Waals surface area contributed by atoms with Crippen LogP contribution >= 0.6 is 0 Å². The van der Waals surface area contributed by atoms with Crippen LogP contribution in [0.2, 0.25) is 0 Å². The van der Waals surface area contributed by atoms with Gasteiger partial charge in [0.2, 0.25) is 5.91 Å². The van der Waals surface area contributed by atoms with Crippen molar-refractivity contribution in [3.63, 3.8) is 0 Å². The minimum absolute atomic E-state index is 0.0508. The average molecular weight is 470 g/mol. The zero-order valence-corrected chi connectivity index (χ0v) is 20.2. The monoisotopic (exact) mass is 469 g/mol. The van der Waals surface area contributed by atoms with Gasteiger partial charge in [-0.2, -0.15) is 0 Å². The Balaban J connectivity index is 1.36. The van der Waals surface area contributed by atoms with E-state index in [1.807, 2.05) is 84.6 Å². The van der Waals surface area contributed by atoms with Gasteiger partial charge in [0.1, 0.15) is 24.3 Å². The predicted molar refractivity (Wildman–Crippen MR) is 138 cm³/mol. The van der Waals surface area contributed by atoms with Crippen molar-refractivity contribution in [2.24, 2.45) is 0 Å². The molecule has 0 saturated carbocycles. The van der Waals surface area contributed by atoms with E-state index in [2.05, 4.69) is 11.5 Å². The van der Waals surface area contributed by atoms with E-state index in [1.54, 1.807) is 0 Å². The van der Waals surface area contributed by atoms with Gasteiger partial charge < -0.3 is 19.3 Å². The molecule has 4 aromatic rings. The summed E-state index contributed by atoms with van der Waals surface area (Å²) in [5, 5.41) is 10.9. The minimum Gasteiger partial charge on any atom is -0.491 e. The molecule has 1 N–H and O–H groups in total. The molecule has 1 aliphatic heterocycles. The number of fused-ring (bicyclic) bond motifs is 1. The number of hydrogen-bond acceptors (Lipinski definition) is 4. The number of benzene rings is 3. The zero-order valence-electron chi connectivity index (χ0n) is 20.2. The molecular formula is C29H31N3O3. The summed E-state index contributed by atoms with van der Waals surface area (Å²) in [7, 11) is 0. The second kappa shape index (κ2) is 9.92. The fraction of sp³-hybridized carbons (Fsp3) is 0.310. The lowest BCUT2D eigenvalue weighted by molar-refractivity contribution is -0.117. The van der Waals surface area contributed by atoms with Gasteiger partial charge in [-0.25, -0.2) is 4.98 Å². The molecule has 180 valence electrons. The lowest BCUT2D eigenvalue weighted by Crippen LogP contribution is -2.26. The highest BCUT2D eigenvalue weighted by Crippen LogP contribution is 2.33. The van der Waals surface area contributed by atoms with Crippen molar-refractivity contribution in [3.8, 4) is 5.75 Å². The maximum absolute atomic E-state index is 12.9. The van der Waals surface area contributed by atoms with Crippen molar-refractivity contribution in [3.05, 3.63) is 89.7 Å². The molecule has 35 heavy (non-hydrogen) atoms. The Morgan fingerprint density at radius 2 is 1.89 bits per heavy atom. The summed E-state index contributed by atoms with van der Waals surface area (Å²) in [5.41, 5.74) is 5.11. The van der Waals surface area contributed by atoms with E-state index < -0.39 is 6.10 Å². The third kappa shape index (κ3) is 4.93. The molecule has 1 aromatic heterocycles. The molecule has 6 nitrogen and oxygen atoms in total. The summed E-state index contributed by atoms with van der Waals surface area (Å²) in [5.74, 6) is 1.62. The van der Waals surface area contributed by atoms with Gasteiger partial charge in [-0.1, -0.05) is 43.3 Å². The maximum atomic E-state index is 12.9. The van der Waals surface area contributed by atoms with Gasteiger partial charge in [-0.3, -0.25) is 4.79 Å². The summed E-state index contributed by atoms with van der Waals surface area (Å²) in [4.78, 5) is 19.7. The summed E-state index contributed by atoms with van der Waals surface area (Å²) in [6.45, 7) is 5.24. The number of anilines is 1. The fourth-order valence-corrected chi connectivity index (χ4v) is 4.80. The number of carbonyl (C=O) groups is 1. The molecule has 6 heteroatoms. The fourth-order valence-electron chi connectivity index (χ4n) is 4.80.